The molecule has 0 aliphatic rings. The fourth-order valence-corrected chi connectivity index (χ4v) is 1.62. The third-order valence-corrected chi connectivity index (χ3v) is 2.26. The van der Waals surface area contributed by atoms with Crippen molar-refractivity contribution in [2.45, 2.75) is 27.2 Å². The van der Waals surface area contributed by atoms with Crippen molar-refractivity contribution in [2.24, 2.45) is 5.41 Å². The lowest BCUT2D eigenvalue weighted by Gasteiger charge is -2.18. The van der Waals surface area contributed by atoms with Crippen molar-refractivity contribution >= 4 is 11.6 Å². The average molecular weight is 213 g/mol. The van der Waals surface area contributed by atoms with Crippen LogP contribution in [0.4, 0.5) is 0 Å². The maximum absolute atomic E-state index is 5.94. The summed E-state index contributed by atoms with van der Waals surface area (Å²) in [6.07, 6.45) is 1.03. The first-order valence-electron chi connectivity index (χ1n) is 4.75. The minimum Gasteiger partial charge on any atom is -0.495 e. The molecule has 0 saturated carbocycles. The van der Waals surface area contributed by atoms with Crippen LogP contribution in [0.2, 0.25) is 5.02 Å². The Labute approximate surface area is 91.0 Å². The van der Waals surface area contributed by atoms with Crippen LogP contribution in [0.1, 0.15) is 26.3 Å². The van der Waals surface area contributed by atoms with E-state index in [9.17, 15) is 0 Å². The maximum atomic E-state index is 5.94. The van der Waals surface area contributed by atoms with Gasteiger partial charge < -0.3 is 4.74 Å². The molecule has 0 heterocycles. The summed E-state index contributed by atoms with van der Waals surface area (Å²) in [6.45, 7) is 6.65. The summed E-state index contributed by atoms with van der Waals surface area (Å²) in [7, 11) is 1.64. The number of ether oxygens (including phenoxy) is 1. The molecule has 0 aliphatic heterocycles. The van der Waals surface area contributed by atoms with Crippen LogP contribution in [0, 0.1) is 5.41 Å². The molecular formula is C12H17ClO. The molecule has 1 nitrogen and oxygen atoms in total. The molecule has 2 heteroatoms. The largest absolute Gasteiger partial charge is 0.495 e. The Morgan fingerprint density at radius 3 is 2.43 bits per heavy atom. The topological polar surface area (TPSA) is 9.23 Å². The van der Waals surface area contributed by atoms with Gasteiger partial charge in [0.1, 0.15) is 5.75 Å². The molecule has 0 N–H and O–H groups in total. The Bertz CT molecular complexity index is 313. The lowest BCUT2D eigenvalue weighted by Crippen LogP contribution is -2.09. The summed E-state index contributed by atoms with van der Waals surface area (Å²) in [5.74, 6) is 0.758. The van der Waals surface area contributed by atoms with Crippen molar-refractivity contribution in [1.29, 1.82) is 0 Å². The minimum atomic E-state index is 0.291. The van der Waals surface area contributed by atoms with E-state index in [1.165, 1.54) is 5.56 Å². The molecule has 0 atom stereocenters. The molecule has 1 rings (SSSR count). The number of rotatable bonds is 2. The number of methoxy groups -OCH3 is 1. The second-order valence-electron chi connectivity index (χ2n) is 4.71. The Kier molecular flexibility index (Phi) is 3.43. The fourth-order valence-electron chi connectivity index (χ4n) is 1.43. The van der Waals surface area contributed by atoms with E-state index in [-0.39, 0.29) is 0 Å². The molecule has 0 aliphatic carbocycles. The van der Waals surface area contributed by atoms with Gasteiger partial charge in [-0.2, -0.15) is 0 Å². The van der Waals surface area contributed by atoms with Gasteiger partial charge >= 0.3 is 0 Å². The molecule has 0 spiro atoms. The van der Waals surface area contributed by atoms with Crippen molar-refractivity contribution in [2.75, 3.05) is 7.11 Å². The maximum Gasteiger partial charge on any atom is 0.137 e. The van der Waals surface area contributed by atoms with Gasteiger partial charge in [-0.3, -0.25) is 0 Å². The monoisotopic (exact) mass is 212 g/mol. The predicted octanol–water partition coefficient (Wildman–Crippen LogP) is 3.94. The SMILES string of the molecule is COc1cc(CC(C)(C)C)ccc1Cl. The van der Waals surface area contributed by atoms with Gasteiger partial charge in [0.2, 0.25) is 0 Å². The van der Waals surface area contributed by atoms with Gasteiger partial charge in [0.25, 0.3) is 0 Å². The molecule has 14 heavy (non-hydrogen) atoms. The first-order chi connectivity index (χ1) is 6.42. The molecule has 0 fully saturated rings. The molecule has 0 bridgehead atoms. The second-order valence-corrected chi connectivity index (χ2v) is 5.11. The highest BCUT2D eigenvalue weighted by Gasteiger charge is 2.12. The van der Waals surface area contributed by atoms with E-state index in [1.54, 1.807) is 7.11 Å². The van der Waals surface area contributed by atoms with Crippen molar-refractivity contribution < 1.29 is 4.74 Å². The van der Waals surface area contributed by atoms with Crippen LogP contribution < -0.4 is 4.74 Å². The molecule has 0 amide bonds. The average Bonchev–Trinajstić information content (AvgIpc) is 2.06. The third kappa shape index (κ3) is 3.22. The van der Waals surface area contributed by atoms with Gasteiger partial charge in [-0.15, -0.1) is 0 Å². The van der Waals surface area contributed by atoms with Gasteiger partial charge in [0.15, 0.2) is 0 Å². The number of halogens is 1. The van der Waals surface area contributed by atoms with E-state index in [0.29, 0.717) is 10.4 Å². The second kappa shape index (κ2) is 4.22. The van der Waals surface area contributed by atoms with Crippen LogP contribution >= 0.6 is 11.6 Å². The highest BCUT2D eigenvalue weighted by Crippen LogP contribution is 2.28. The van der Waals surface area contributed by atoms with Crippen LogP contribution in [0.15, 0.2) is 18.2 Å². The standard InChI is InChI=1S/C12H17ClO/c1-12(2,3)8-9-5-6-10(13)11(7-9)14-4/h5-7H,8H2,1-4H3. The van der Waals surface area contributed by atoms with Gasteiger partial charge in [-0.05, 0) is 29.5 Å². The summed E-state index contributed by atoms with van der Waals surface area (Å²) >= 11 is 5.94. The van der Waals surface area contributed by atoms with Gasteiger partial charge in [-0.25, -0.2) is 0 Å². The number of benzene rings is 1. The van der Waals surface area contributed by atoms with Crippen molar-refractivity contribution in [3.05, 3.63) is 28.8 Å². The van der Waals surface area contributed by atoms with Crippen LogP contribution in [0.25, 0.3) is 0 Å². The Balaban J connectivity index is 2.90. The normalized spacial score (nSPS) is 11.5. The Morgan fingerprint density at radius 1 is 1.29 bits per heavy atom. The smallest absolute Gasteiger partial charge is 0.137 e. The zero-order chi connectivity index (χ0) is 10.8. The Hall–Kier alpha value is -0.690. The van der Waals surface area contributed by atoms with E-state index >= 15 is 0 Å². The molecule has 0 saturated heterocycles. The molecule has 78 valence electrons. The van der Waals surface area contributed by atoms with E-state index in [2.05, 4.69) is 26.8 Å². The fraction of sp³-hybridized carbons (Fsp3) is 0.500. The molecule has 0 aromatic heterocycles. The number of hydrogen-bond donors (Lipinski definition) is 0. The summed E-state index contributed by atoms with van der Waals surface area (Å²) in [5, 5.41) is 0.671. The lowest BCUT2D eigenvalue weighted by atomic mass is 9.88. The zero-order valence-electron chi connectivity index (χ0n) is 9.23. The lowest BCUT2D eigenvalue weighted by molar-refractivity contribution is 0.402. The number of hydrogen-bond acceptors (Lipinski definition) is 1. The Morgan fingerprint density at radius 2 is 1.93 bits per heavy atom. The van der Waals surface area contributed by atoms with Crippen molar-refractivity contribution in [3.8, 4) is 5.75 Å². The van der Waals surface area contributed by atoms with E-state index < -0.39 is 0 Å². The third-order valence-electron chi connectivity index (χ3n) is 1.95. The molecular weight excluding hydrogens is 196 g/mol. The van der Waals surface area contributed by atoms with Gasteiger partial charge in [0, 0.05) is 0 Å². The summed E-state index contributed by atoms with van der Waals surface area (Å²) in [6, 6.07) is 5.95. The first-order valence-corrected chi connectivity index (χ1v) is 5.12. The van der Waals surface area contributed by atoms with E-state index in [4.69, 9.17) is 16.3 Å². The molecule has 0 radical (unpaired) electrons. The summed E-state index contributed by atoms with van der Waals surface area (Å²) in [5.41, 5.74) is 1.55. The summed E-state index contributed by atoms with van der Waals surface area (Å²) in [4.78, 5) is 0. The van der Waals surface area contributed by atoms with Gasteiger partial charge in [-0.1, -0.05) is 38.4 Å². The quantitative estimate of drug-likeness (QED) is 0.722. The minimum absolute atomic E-state index is 0.291. The molecule has 0 unspecified atom stereocenters. The van der Waals surface area contributed by atoms with Crippen LogP contribution in [-0.2, 0) is 6.42 Å². The van der Waals surface area contributed by atoms with Crippen LogP contribution in [0.3, 0.4) is 0 Å². The van der Waals surface area contributed by atoms with Crippen LogP contribution in [0.5, 0.6) is 5.75 Å². The molecule has 1 aromatic carbocycles. The summed E-state index contributed by atoms with van der Waals surface area (Å²) < 4.78 is 5.17. The van der Waals surface area contributed by atoms with E-state index in [0.717, 1.165) is 12.2 Å². The highest BCUT2D eigenvalue weighted by molar-refractivity contribution is 6.32. The van der Waals surface area contributed by atoms with Crippen molar-refractivity contribution in [3.63, 3.8) is 0 Å². The highest BCUT2D eigenvalue weighted by atomic mass is 35.5. The van der Waals surface area contributed by atoms with Crippen molar-refractivity contribution in [1.82, 2.24) is 0 Å². The van der Waals surface area contributed by atoms with Gasteiger partial charge in [0.05, 0.1) is 12.1 Å². The zero-order valence-corrected chi connectivity index (χ0v) is 9.98. The predicted molar refractivity (Wildman–Crippen MR) is 61.2 cm³/mol. The first kappa shape index (κ1) is 11.4. The molecule has 1 aromatic rings. The van der Waals surface area contributed by atoms with E-state index in [1.807, 2.05) is 12.1 Å². The van der Waals surface area contributed by atoms with Crippen LogP contribution in [-0.4, -0.2) is 7.11 Å².